The molecule has 2 aliphatic heterocycles. The Hall–Kier alpha value is -1.24. The van der Waals surface area contributed by atoms with Crippen molar-refractivity contribution in [3.8, 4) is 0 Å². The standard InChI is InChI=1S/C17H28N4O2/c1-17(2,3)15-5-6-16(19-18-15)21-9-13(10-21)20(4)11-14-12-22-7-8-23-14/h5-6,13-14H,7-12H2,1-4H3. The van der Waals surface area contributed by atoms with Gasteiger partial charge in [0, 0.05) is 31.1 Å². The molecule has 0 aromatic carbocycles. The van der Waals surface area contributed by atoms with Crippen LogP contribution in [0.3, 0.4) is 0 Å². The zero-order chi connectivity index (χ0) is 16.4. The predicted molar refractivity (Wildman–Crippen MR) is 89.9 cm³/mol. The van der Waals surface area contributed by atoms with Crippen molar-refractivity contribution in [3.63, 3.8) is 0 Å². The third kappa shape index (κ3) is 4.00. The second-order valence-corrected chi connectivity index (χ2v) is 7.59. The van der Waals surface area contributed by atoms with Gasteiger partial charge in [0.25, 0.3) is 0 Å². The minimum absolute atomic E-state index is 0.0469. The second kappa shape index (κ2) is 6.71. The van der Waals surface area contributed by atoms with Crippen LogP contribution in [0.2, 0.25) is 0 Å². The Morgan fingerprint density at radius 2 is 2.00 bits per heavy atom. The lowest BCUT2D eigenvalue weighted by Gasteiger charge is -2.45. The highest BCUT2D eigenvalue weighted by Crippen LogP contribution is 2.24. The molecule has 23 heavy (non-hydrogen) atoms. The van der Waals surface area contributed by atoms with E-state index in [-0.39, 0.29) is 11.5 Å². The summed E-state index contributed by atoms with van der Waals surface area (Å²) in [7, 11) is 2.16. The first-order valence-electron chi connectivity index (χ1n) is 8.42. The normalized spacial score (nSPS) is 23.2. The molecular formula is C17H28N4O2. The summed E-state index contributed by atoms with van der Waals surface area (Å²) < 4.78 is 11.2. The molecule has 3 rings (SSSR count). The van der Waals surface area contributed by atoms with Gasteiger partial charge >= 0.3 is 0 Å². The number of hydrogen-bond acceptors (Lipinski definition) is 6. The van der Waals surface area contributed by atoms with E-state index in [0.29, 0.717) is 19.3 Å². The Bertz CT molecular complexity index is 502. The molecule has 0 saturated carbocycles. The summed E-state index contributed by atoms with van der Waals surface area (Å²) in [6.07, 6.45) is 0.202. The smallest absolute Gasteiger partial charge is 0.151 e. The average molecular weight is 320 g/mol. The number of hydrogen-bond donors (Lipinski definition) is 0. The molecule has 1 aromatic heterocycles. The van der Waals surface area contributed by atoms with Crippen molar-refractivity contribution in [2.24, 2.45) is 0 Å². The number of likely N-dealkylation sites (N-methyl/N-ethyl adjacent to an activating group) is 1. The molecule has 0 bridgehead atoms. The molecule has 6 nitrogen and oxygen atoms in total. The van der Waals surface area contributed by atoms with Crippen molar-refractivity contribution in [1.82, 2.24) is 15.1 Å². The lowest BCUT2D eigenvalue weighted by molar-refractivity contribution is -0.0990. The van der Waals surface area contributed by atoms with E-state index in [1.165, 1.54) is 0 Å². The van der Waals surface area contributed by atoms with Crippen LogP contribution in [0.5, 0.6) is 0 Å². The fourth-order valence-corrected chi connectivity index (χ4v) is 2.93. The number of ether oxygens (including phenoxy) is 2. The fourth-order valence-electron chi connectivity index (χ4n) is 2.93. The molecule has 6 heteroatoms. The molecule has 2 fully saturated rings. The van der Waals surface area contributed by atoms with Gasteiger partial charge < -0.3 is 14.4 Å². The van der Waals surface area contributed by atoms with Crippen LogP contribution >= 0.6 is 0 Å². The first-order chi connectivity index (χ1) is 10.9. The zero-order valence-electron chi connectivity index (χ0n) is 14.7. The zero-order valence-corrected chi connectivity index (χ0v) is 14.7. The number of anilines is 1. The molecule has 1 aromatic rings. The third-order valence-electron chi connectivity index (χ3n) is 4.61. The molecule has 0 aliphatic carbocycles. The van der Waals surface area contributed by atoms with Gasteiger partial charge in [-0.1, -0.05) is 20.8 Å². The number of rotatable bonds is 4. The predicted octanol–water partition coefficient (Wildman–Crippen LogP) is 1.31. The third-order valence-corrected chi connectivity index (χ3v) is 4.61. The van der Waals surface area contributed by atoms with Gasteiger partial charge in [-0.25, -0.2) is 0 Å². The molecule has 2 aliphatic rings. The van der Waals surface area contributed by atoms with Gasteiger partial charge in [0.1, 0.15) is 0 Å². The Kier molecular flexibility index (Phi) is 4.85. The Labute approximate surface area is 138 Å². The highest BCUT2D eigenvalue weighted by atomic mass is 16.6. The van der Waals surface area contributed by atoms with E-state index in [2.05, 4.69) is 59.9 Å². The molecule has 1 atom stereocenters. The molecule has 0 amide bonds. The van der Waals surface area contributed by atoms with E-state index < -0.39 is 0 Å². The molecule has 128 valence electrons. The quantitative estimate of drug-likeness (QED) is 0.834. The van der Waals surface area contributed by atoms with Crippen molar-refractivity contribution < 1.29 is 9.47 Å². The van der Waals surface area contributed by atoms with E-state index >= 15 is 0 Å². The summed E-state index contributed by atoms with van der Waals surface area (Å²) >= 11 is 0. The average Bonchev–Trinajstić information content (AvgIpc) is 2.46. The molecular weight excluding hydrogens is 292 g/mol. The van der Waals surface area contributed by atoms with Crippen molar-refractivity contribution >= 4 is 5.82 Å². The monoisotopic (exact) mass is 320 g/mol. The van der Waals surface area contributed by atoms with Crippen LogP contribution in [0, 0.1) is 0 Å². The van der Waals surface area contributed by atoms with Gasteiger partial charge in [-0.05, 0) is 19.2 Å². The summed E-state index contributed by atoms with van der Waals surface area (Å²) in [5.41, 5.74) is 1.08. The minimum atomic E-state index is 0.0469. The maximum Gasteiger partial charge on any atom is 0.151 e. The number of aromatic nitrogens is 2. The number of nitrogens with zero attached hydrogens (tertiary/aromatic N) is 4. The SMILES string of the molecule is CN(CC1COCCO1)C1CN(c2ccc(C(C)(C)C)nn2)C1. The molecule has 0 N–H and O–H groups in total. The van der Waals surface area contributed by atoms with Crippen LogP contribution in [-0.2, 0) is 14.9 Å². The van der Waals surface area contributed by atoms with Gasteiger partial charge in [0.2, 0.25) is 0 Å². The maximum absolute atomic E-state index is 5.72. The lowest BCUT2D eigenvalue weighted by Crippen LogP contribution is -2.60. The van der Waals surface area contributed by atoms with Gasteiger partial charge in [-0.2, -0.15) is 5.10 Å². The van der Waals surface area contributed by atoms with E-state index in [1.54, 1.807) is 0 Å². The lowest BCUT2D eigenvalue weighted by atomic mass is 9.92. The summed E-state index contributed by atoms with van der Waals surface area (Å²) in [5.74, 6) is 0.972. The molecule has 1 unspecified atom stereocenters. The summed E-state index contributed by atoms with van der Waals surface area (Å²) in [6.45, 7) is 11.5. The van der Waals surface area contributed by atoms with Crippen LogP contribution in [0.1, 0.15) is 26.5 Å². The fraction of sp³-hybridized carbons (Fsp3) is 0.765. The van der Waals surface area contributed by atoms with E-state index in [1.807, 2.05) is 0 Å². The molecule has 2 saturated heterocycles. The van der Waals surface area contributed by atoms with E-state index in [4.69, 9.17) is 9.47 Å². The van der Waals surface area contributed by atoms with Gasteiger partial charge in [-0.15, -0.1) is 5.10 Å². The maximum atomic E-state index is 5.72. The van der Waals surface area contributed by atoms with Crippen LogP contribution < -0.4 is 4.90 Å². The summed E-state index contributed by atoms with van der Waals surface area (Å²) in [6, 6.07) is 4.72. The van der Waals surface area contributed by atoms with Gasteiger partial charge in [-0.3, -0.25) is 4.90 Å². The molecule has 3 heterocycles. The topological polar surface area (TPSA) is 50.7 Å². The Balaban J connectivity index is 1.48. The van der Waals surface area contributed by atoms with Crippen LogP contribution in [0.4, 0.5) is 5.82 Å². The summed E-state index contributed by atoms with van der Waals surface area (Å²) in [4.78, 5) is 4.64. The highest BCUT2D eigenvalue weighted by molar-refractivity contribution is 5.42. The Morgan fingerprint density at radius 1 is 1.22 bits per heavy atom. The van der Waals surface area contributed by atoms with Crippen LogP contribution in [0.25, 0.3) is 0 Å². The van der Waals surface area contributed by atoms with Gasteiger partial charge in [0.05, 0.1) is 31.6 Å². The summed E-state index contributed by atoms with van der Waals surface area (Å²) in [5, 5.41) is 8.76. The van der Waals surface area contributed by atoms with Crippen molar-refractivity contribution in [2.45, 2.75) is 38.3 Å². The van der Waals surface area contributed by atoms with Crippen LogP contribution in [0.15, 0.2) is 12.1 Å². The van der Waals surface area contributed by atoms with Crippen LogP contribution in [-0.4, -0.2) is 73.7 Å². The van der Waals surface area contributed by atoms with Gasteiger partial charge in [0.15, 0.2) is 5.82 Å². The first kappa shape index (κ1) is 16.6. The molecule has 0 radical (unpaired) electrons. The first-order valence-corrected chi connectivity index (χ1v) is 8.42. The highest BCUT2D eigenvalue weighted by Gasteiger charge is 2.32. The van der Waals surface area contributed by atoms with E-state index in [0.717, 1.165) is 37.8 Å². The minimum Gasteiger partial charge on any atom is -0.376 e. The Morgan fingerprint density at radius 3 is 2.57 bits per heavy atom. The van der Waals surface area contributed by atoms with Crippen molar-refractivity contribution in [3.05, 3.63) is 17.8 Å². The second-order valence-electron chi connectivity index (χ2n) is 7.59. The largest absolute Gasteiger partial charge is 0.376 e. The molecule has 0 spiro atoms. The van der Waals surface area contributed by atoms with Crippen molar-refractivity contribution in [1.29, 1.82) is 0 Å². The van der Waals surface area contributed by atoms with E-state index in [9.17, 15) is 0 Å². The van der Waals surface area contributed by atoms with Crippen molar-refractivity contribution in [2.75, 3.05) is 51.4 Å².